The molecule has 3 nitrogen and oxygen atoms in total. The van der Waals surface area contributed by atoms with E-state index in [9.17, 15) is 4.79 Å². The topological polar surface area (TPSA) is 57.5 Å². The van der Waals surface area contributed by atoms with Gasteiger partial charge in [-0.3, -0.25) is 4.79 Å². The number of carbonyl (C=O) groups is 1. The first-order valence-electron chi connectivity index (χ1n) is 11.8. The van der Waals surface area contributed by atoms with Crippen LogP contribution in [0.5, 0.6) is 0 Å². The number of rotatable bonds is 21. The zero-order chi connectivity index (χ0) is 20.7. The van der Waals surface area contributed by atoms with Crippen LogP contribution in [0.15, 0.2) is 24.3 Å². The fraction of sp³-hybridized carbons (Fsp3) is 0.800. The van der Waals surface area contributed by atoms with Crippen LogP contribution in [0, 0.1) is 5.92 Å². The summed E-state index contributed by atoms with van der Waals surface area (Å²) in [6.45, 7) is 2.51. The number of carboxylic acid groups (broad SMARTS) is 1. The largest absolute Gasteiger partial charge is 0.481 e. The summed E-state index contributed by atoms with van der Waals surface area (Å²) in [4.78, 5) is 10.5. The van der Waals surface area contributed by atoms with Crippen LogP contribution in [0.25, 0.3) is 0 Å². The average Bonchev–Trinajstić information content (AvgIpc) is 2.68. The summed E-state index contributed by atoms with van der Waals surface area (Å²) in [5.74, 6) is -0.124. The molecule has 0 spiro atoms. The lowest BCUT2D eigenvalue weighted by Gasteiger charge is -2.09. The monoisotopic (exact) mass is 394 g/mol. The molecule has 0 saturated carbocycles. The van der Waals surface area contributed by atoms with Crippen molar-refractivity contribution in [2.75, 3.05) is 6.61 Å². The molecule has 0 radical (unpaired) electrons. The van der Waals surface area contributed by atoms with Gasteiger partial charge in [-0.15, -0.1) is 0 Å². The van der Waals surface area contributed by atoms with Gasteiger partial charge in [-0.1, -0.05) is 89.0 Å². The van der Waals surface area contributed by atoms with Gasteiger partial charge in [0.2, 0.25) is 0 Å². The molecule has 0 aliphatic carbocycles. The SMILES string of the molecule is CC(CCCCCCCC=CCC=CCCCCCCCCO)CCC(=O)O. The van der Waals surface area contributed by atoms with Crippen LogP contribution in [0.3, 0.4) is 0 Å². The number of unbranched alkanes of at least 4 members (excludes halogenated alkanes) is 11. The minimum atomic E-state index is -0.670. The number of allylic oxidation sites excluding steroid dienone is 4. The first kappa shape index (κ1) is 26.9. The zero-order valence-electron chi connectivity index (χ0n) is 18.4. The van der Waals surface area contributed by atoms with E-state index in [1.54, 1.807) is 0 Å². The summed E-state index contributed by atoms with van der Waals surface area (Å²) in [7, 11) is 0. The molecular formula is C25H46O3. The third-order valence-electron chi connectivity index (χ3n) is 5.30. The Kier molecular flexibility index (Phi) is 21.3. The quantitative estimate of drug-likeness (QED) is 0.157. The summed E-state index contributed by atoms with van der Waals surface area (Å²) < 4.78 is 0. The Balaban J connectivity index is 3.26. The Morgan fingerprint density at radius 1 is 0.714 bits per heavy atom. The number of carboxylic acids is 1. The van der Waals surface area contributed by atoms with Crippen LogP contribution in [-0.4, -0.2) is 22.8 Å². The second-order valence-corrected chi connectivity index (χ2v) is 8.19. The van der Waals surface area contributed by atoms with Gasteiger partial charge in [0, 0.05) is 13.0 Å². The van der Waals surface area contributed by atoms with E-state index in [-0.39, 0.29) is 0 Å². The molecule has 164 valence electrons. The van der Waals surface area contributed by atoms with Crippen molar-refractivity contribution in [3.05, 3.63) is 24.3 Å². The molecule has 0 aromatic carbocycles. The smallest absolute Gasteiger partial charge is 0.303 e. The molecular weight excluding hydrogens is 348 g/mol. The Labute approximate surface area is 174 Å². The lowest BCUT2D eigenvalue weighted by atomic mass is 9.97. The van der Waals surface area contributed by atoms with E-state index in [2.05, 4.69) is 31.2 Å². The van der Waals surface area contributed by atoms with E-state index in [4.69, 9.17) is 10.2 Å². The van der Waals surface area contributed by atoms with Gasteiger partial charge in [0.1, 0.15) is 0 Å². The molecule has 0 fully saturated rings. The molecule has 28 heavy (non-hydrogen) atoms. The molecule has 0 rings (SSSR count). The first-order valence-corrected chi connectivity index (χ1v) is 11.8. The van der Waals surface area contributed by atoms with Crippen molar-refractivity contribution in [2.45, 2.75) is 116 Å². The van der Waals surface area contributed by atoms with Gasteiger partial charge in [-0.2, -0.15) is 0 Å². The van der Waals surface area contributed by atoms with Crippen molar-refractivity contribution in [2.24, 2.45) is 5.92 Å². The van der Waals surface area contributed by atoms with Crippen molar-refractivity contribution < 1.29 is 15.0 Å². The molecule has 0 aromatic heterocycles. The predicted molar refractivity (Wildman–Crippen MR) is 121 cm³/mol. The zero-order valence-corrected chi connectivity index (χ0v) is 18.4. The van der Waals surface area contributed by atoms with Gasteiger partial charge in [-0.25, -0.2) is 0 Å². The van der Waals surface area contributed by atoms with E-state index >= 15 is 0 Å². The number of aliphatic hydroxyl groups excluding tert-OH is 1. The van der Waals surface area contributed by atoms with Crippen LogP contribution in [-0.2, 0) is 4.79 Å². The summed E-state index contributed by atoms with van der Waals surface area (Å²) >= 11 is 0. The highest BCUT2D eigenvalue weighted by atomic mass is 16.4. The van der Waals surface area contributed by atoms with E-state index in [1.807, 2.05) is 0 Å². The Hall–Kier alpha value is -1.09. The van der Waals surface area contributed by atoms with Crippen LogP contribution in [0.2, 0.25) is 0 Å². The number of aliphatic carboxylic acids is 1. The summed E-state index contributed by atoms with van der Waals surface area (Å²) in [5.41, 5.74) is 0. The lowest BCUT2D eigenvalue weighted by molar-refractivity contribution is -0.137. The van der Waals surface area contributed by atoms with Gasteiger partial charge in [0.25, 0.3) is 0 Å². The fourth-order valence-corrected chi connectivity index (χ4v) is 3.39. The van der Waals surface area contributed by atoms with Gasteiger partial charge in [0.15, 0.2) is 0 Å². The predicted octanol–water partition coefficient (Wildman–Crippen LogP) is 7.44. The van der Waals surface area contributed by atoms with Crippen molar-refractivity contribution in [1.82, 2.24) is 0 Å². The first-order chi connectivity index (χ1) is 13.7. The minimum Gasteiger partial charge on any atom is -0.481 e. The molecule has 2 N–H and O–H groups in total. The number of hydrogen-bond donors (Lipinski definition) is 2. The Morgan fingerprint density at radius 3 is 1.75 bits per heavy atom. The molecule has 0 bridgehead atoms. The number of hydrogen-bond acceptors (Lipinski definition) is 2. The van der Waals surface area contributed by atoms with Crippen molar-refractivity contribution in [1.29, 1.82) is 0 Å². The van der Waals surface area contributed by atoms with Crippen molar-refractivity contribution in [3.8, 4) is 0 Å². The van der Waals surface area contributed by atoms with Gasteiger partial charge in [-0.05, 0) is 50.9 Å². The third kappa shape index (κ3) is 23.0. The maximum Gasteiger partial charge on any atom is 0.303 e. The molecule has 1 atom stereocenters. The van der Waals surface area contributed by atoms with Crippen LogP contribution in [0.4, 0.5) is 0 Å². The Morgan fingerprint density at radius 2 is 1.21 bits per heavy atom. The van der Waals surface area contributed by atoms with Crippen LogP contribution >= 0.6 is 0 Å². The van der Waals surface area contributed by atoms with E-state index in [1.165, 1.54) is 83.5 Å². The lowest BCUT2D eigenvalue weighted by Crippen LogP contribution is -2.01. The van der Waals surface area contributed by atoms with Crippen LogP contribution in [0.1, 0.15) is 116 Å². The fourth-order valence-electron chi connectivity index (χ4n) is 3.39. The van der Waals surface area contributed by atoms with Crippen molar-refractivity contribution >= 4 is 5.97 Å². The molecule has 0 heterocycles. The number of aliphatic hydroxyl groups is 1. The highest BCUT2D eigenvalue weighted by Crippen LogP contribution is 2.16. The second-order valence-electron chi connectivity index (χ2n) is 8.19. The minimum absolute atomic E-state index is 0.314. The Bertz CT molecular complexity index is 387. The second kappa shape index (κ2) is 22.2. The summed E-state index contributed by atoms with van der Waals surface area (Å²) in [6, 6.07) is 0. The molecule has 3 heteroatoms. The van der Waals surface area contributed by atoms with E-state index < -0.39 is 5.97 Å². The molecule has 0 amide bonds. The summed E-state index contributed by atoms with van der Waals surface area (Å²) in [6.07, 6.45) is 28.7. The maximum atomic E-state index is 10.5. The van der Waals surface area contributed by atoms with Crippen LogP contribution < -0.4 is 0 Å². The van der Waals surface area contributed by atoms with E-state index in [0.29, 0.717) is 18.9 Å². The standard InChI is InChI=1S/C25H46O3/c1-24(21-22-25(27)28)20-18-16-14-12-10-8-6-4-2-3-5-7-9-11-13-15-17-19-23-26/h3-6,24,26H,2,7-23H2,1H3,(H,27,28). The van der Waals surface area contributed by atoms with E-state index in [0.717, 1.165) is 19.3 Å². The average molecular weight is 395 g/mol. The highest BCUT2D eigenvalue weighted by Gasteiger charge is 2.04. The molecule has 0 aliphatic heterocycles. The maximum absolute atomic E-state index is 10.5. The highest BCUT2D eigenvalue weighted by molar-refractivity contribution is 5.66. The molecule has 1 unspecified atom stereocenters. The normalized spacial score (nSPS) is 12.9. The summed E-state index contributed by atoms with van der Waals surface area (Å²) in [5, 5.41) is 17.4. The van der Waals surface area contributed by atoms with Crippen molar-refractivity contribution in [3.63, 3.8) is 0 Å². The molecule has 0 aromatic rings. The van der Waals surface area contributed by atoms with Gasteiger partial charge < -0.3 is 10.2 Å². The van der Waals surface area contributed by atoms with Gasteiger partial charge in [0.05, 0.1) is 0 Å². The van der Waals surface area contributed by atoms with Gasteiger partial charge >= 0.3 is 5.97 Å². The molecule has 0 aliphatic rings. The molecule has 0 saturated heterocycles. The third-order valence-corrected chi connectivity index (χ3v) is 5.30.